The predicted octanol–water partition coefficient (Wildman–Crippen LogP) is 3.86. The van der Waals surface area contributed by atoms with Crippen molar-refractivity contribution in [2.75, 3.05) is 0 Å². The first kappa shape index (κ1) is 17.6. The van der Waals surface area contributed by atoms with Crippen LogP contribution < -0.4 is 5.14 Å². The number of nitrogens with two attached hydrogens (primary N) is 1. The zero-order valence-corrected chi connectivity index (χ0v) is 15.0. The van der Waals surface area contributed by atoms with Gasteiger partial charge in [-0.15, -0.1) is 11.3 Å². The Balaban J connectivity index is 1.64. The number of thiophene rings is 1. The third kappa shape index (κ3) is 4.45. The Morgan fingerprint density at radius 2 is 1.84 bits per heavy atom. The molecule has 0 spiro atoms. The molecule has 0 aliphatic carbocycles. The van der Waals surface area contributed by atoms with Crippen LogP contribution in [0.4, 0.5) is 0 Å². The van der Waals surface area contributed by atoms with Gasteiger partial charge < -0.3 is 4.42 Å². The minimum absolute atomic E-state index is 0.0713. The lowest BCUT2D eigenvalue weighted by atomic mass is 10.1. The molecule has 0 bridgehead atoms. The monoisotopic (exact) mass is 375 g/mol. The zero-order chi connectivity index (χ0) is 17.9. The second kappa shape index (κ2) is 7.35. The topological polar surface area (TPSA) is 90.4 Å². The molecule has 0 saturated carbocycles. The summed E-state index contributed by atoms with van der Waals surface area (Å²) < 4.78 is 27.8. The molecule has 7 heteroatoms. The van der Waals surface area contributed by atoms with Gasteiger partial charge in [0.25, 0.3) is 0 Å². The van der Waals surface area contributed by atoms with Gasteiger partial charge in [-0.1, -0.05) is 12.1 Å². The number of benzene rings is 1. The summed E-state index contributed by atoms with van der Waals surface area (Å²) >= 11 is 1.40. The van der Waals surface area contributed by atoms with Crippen LogP contribution in [-0.2, 0) is 16.4 Å². The Kier molecular flexibility index (Phi) is 5.17. The number of furan rings is 1. The largest absolute Gasteiger partial charge is 0.469 e. The summed E-state index contributed by atoms with van der Waals surface area (Å²) in [6, 6.07) is 13.7. The van der Waals surface area contributed by atoms with Crippen molar-refractivity contribution in [1.82, 2.24) is 0 Å². The zero-order valence-electron chi connectivity index (χ0n) is 13.3. The number of carbonyl (C=O) groups excluding carboxylic acids is 1. The number of primary sulfonamides is 1. The van der Waals surface area contributed by atoms with E-state index in [4.69, 9.17) is 9.56 Å². The number of aryl methyl sites for hydroxylation is 1. The van der Waals surface area contributed by atoms with Gasteiger partial charge in [0.15, 0.2) is 5.78 Å². The quantitative estimate of drug-likeness (QED) is 0.635. The van der Waals surface area contributed by atoms with Crippen LogP contribution in [0.1, 0.15) is 28.3 Å². The summed E-state index contributed by atoms with van der Waals surface area (Å²) in [5, 5.41) is 5.09. The van der Waals surface area contributed by atoms with Gasteiger partial charge in [-0.2, -0.15) is 0 Å². The van der Waals surface area contributed by atoms with Gasteiger partial charge in [0.05, 0.1) is 16.0 Å². The number of rotatable bonds is 7. The third-order valence-corrected chi connectivity index (χ3v) is 5.86. The molecule has 3 rings (SSSR count). The maximum Gasteiger partial charge on any atom is 0.238 e. The summed E-state index contributed by atoms with van der Waals surface area (Å²) in [7, 11) is -3.70. The van der Waals surface area contributed by atoms with Crippen molar-refractivity contribution in [3.8, 4) is 10.4 Å². The van der Waals surface area contributed by atoms with E-state index >= 15 is 0 Å². The molecule has 0 saturated heterocycles. The van der Waals surface area contributed by atoms with E-state index in [0.29, 0.717) is 11.3 Å². The van der Waals surface area contributed by atoms with Gasteiger partial charge in [-0.05, 0) is 48.4 Å². The van der Waals surface area contributed by atoms with E-state index in [1.54, 1.807) is 18.4 Å². The summed E-state index contributed by atoms with van der Waals surface area (Å²) in [6.45, 7) is 0. The maximum absolute atomic E-state index is 12.3. The highest BCUT2D eigenvalue weighted by Gasteiger charge is 2.12. The highest BCUT2D eigenvalue weighted by atomic mass is 32.2. The summed E-state index contributed by atoms with van der Waals surface area (Å²) in [5.41, 5.74) is 0.854. The van der Waals surface area contributed by atoms with E-state index in [-0.39, 0.29) is 10.7 Å². The molecule has 25 heavy (non-hydrogen) atoms. The molecule has 0 unspecified atom stereocenters. The number of carbonyl (C=O) groups is 1. The molecular weight excluding hydrogens is 358 g/mol. The van der Waals surface area contributed by atoms with Crippen LogP contribution in [-0.4, -0.2) is 14.2 Å². The van der Waals surface area contributed by atoms with E-state index in [1.165, 1.54) is 23.5 Å². The van der Waals surface area contributed by atoms with Crippen molar-refractivity contribution in [2.45, 2.75) is 24.2 Å². The van der Waals surface area contributed by atoms with Crippen LogP contribution in [0.5, 0.6) is 0 Å². The first-order valence-electron chi connectivity index (χ1n) is 7.72. The van der Waals surface area contributed by atoms with Gasteiger partial charge in [-0.3, -0.25) is 4.79 Å². The summed E-state index contributed by atoms with van der Waals surface area (Å²) in [6.07, 6.45) is 3.57. The smallest absolute Gasteiger partial charge is 0.238 e. The van der Waals surface area contributed by atoms with Gasteiger partial charge in [0.1, 0.15) is 5.76 Å². The molecule has 2 aromatic heterocycles. The van der Waals surface area contributed by atoms with E-state index in [2.05, 4.69) is 0 Å². The SMILES string of the molecule is NS(=O)(=O)c1ccc(-c2ccc(C(=O)CCCc3ccco3)s2)cc1. The minimum Gasteiger partial charge on any atom is -0.469 e. The third-order valence-electron chi connectivity index (χ3n) is 3.76. The Labute approximate surface area is 150 Å². The van der Waals surface area contributed by atoms with Crippen molar-refractivity contribution in [3.05, 3.63) is 65.4 Å². The lowest BCUT2D eigenvalue weighted by Gasteiger charge is -2.00. The molecule has 5 nitrogen and oxygen atoms in total. The Hall–Kier alpha value is -2.22. The van der Waals surface area contributed by atoms with E-state index in [9.17, 15) is 13.2 Å². The van der Waals surface area contributed by atoms with E-state index in [0.717, 1.165) is 29.0 Å². The molecule has 0 amide bonds. The number of hydrogen-bond donors (Lipinski definition) is 1. The van der Waals surface area contributed by atoms with Crippen LogP contribution in [0.3, 0.4) is 0 Å². The minimum atomic E-state index is -3.70. The molecule has 0 aliphatic rings. The lowest BCUT2D eigenvalue weighted by Crippen LogP contribution is -2.11. The van der Waals surface area contributed by atoms with Crippen LogP contribution >= 0.6 is 11.3 Å². The molecule has 2 heterocycles. The Bertz CT molecular complexity index is 955. The van der Waals surface area contributed by atoms with Gasteiger partial charge in [-0.25, -0.2) is 13.6 Å². The van der Waals surface area contributed by atoms with Crippen LogP contribution in [0, 0.1) is 0 Å². The fourth-order valence-electron chi connectivity index (χ4n) is 2.45. The van der Waals surface area contributed by atoms with E-state index in [1.807, 2.05) is 24.3 Å². The van der Waals surface area contributed by atoms with Crippen LogP contribution in [0.15, 0.2) is 64.1 Å². The highest BCUT2D eigenvalue weighted by Crippen LogP contribution is 2.29. The lowest BCUT2D eigenvalue weighted by molar-refractivity contribution is 0.0983. The molecule has 2 N–H and O–H groups in total. The Morgan fingerprint density at radius 3 is 2.48 bits per heavy atom. The second-order valence-corrected chi connectivity index (χ2v) is 8.23. The Morgan fingerprint density at radius 1 is 1.08 bits per heavy atom. The molecule has 3 aromatic rings. The van der Waals surface area contributed by atoms with Crippen molar-refractivity contribution >= 4 is 27.1 Å². The number of hydrogen-bond acceptors (Lipinski definition) is 5. The number of sulfonamides is 1. The number of Topliss-reactive ketones (excluding diaryl/α,β-unsaturated/α-hetero) is 1. The summed E-state index contributed by atoms with van der Waals surface area (Å²) in [5.74, 6) is 0.985. The van der Waals surface area contributed by atoms with Gasteiger partial charge >= 0.3 is 0 Å². The maximum atomic E-state index is 12.3. The molecule has 0 aliphatic heterocycles. The first-order valence-corrected chi connectivity index (χ1v) is 10.1. The first-order chi connectivity index (χ1) is 11.9. The average Bonchev–Trinajstić information content (AvgIpc) is 3.26. The second-order valence-electron chi connectivity index (χ2n) is 5.59. The van der Waals surface area contributed by atoms with Crippen molar-refractivity contribution in [2.24, 2.45) is 5.14 Å². The standard InChI is InChI=1S/C18H17NO4S2/c19-25(21,22)15-8-6-13(7-9-15)17-10-11-18(24-17)16(20)5-1-3-14-4-2-12-23-14/h2,4,6-12H,1,3,5H2,(H2,19,21,22). The van der Waals surface area contributed by atoms with Crippen molar-refractivity contribution in [3.63, 3.8) is 0 Å². The average molecular weight is 375 g/mol. The predicted molar refractivity (Wildman–Crippen MR) is 97.1 cm³/mol. The summed E-state index contributed by atoms with van der Waals surface area (Å²) in [4.78, 5) is 14.0. The molecule has 0 fully saturated rings. The molecule has 130 valence electrons. The molecule has 0 atom stereocenters. The molecular formula is C18H17NO4S2. The van der Waals surface area contributed by atoms with Gasteiger partial charge in [0, 0.05) is 17.7 Å². The van der Waals surface area contributed by atoms with Crippen LogP contribution in [0.25, 0.3) is 10.4 Å². The fraction of sp³-hybridized carbons (Fsp3) is 0.167. The fourth-order valence-corrected chi connectivity index (χ4v) is 3.95. The van der Waals surface area contributed by atoms with Gasteiger partial charge in [0.2, 0.25) is 10.0 Å². The van der Waals surface area contributed by atoms with E-state index < -0.39 is 10.0 Å². The van der Waals surface area contributed by atoms with Crippen molar-refractivity contribution in [1.29, 1.82) is 0 Å². The molecule has 1 aromatic carbocycles. The normalized spacial score (nSPS) is 11.6. The molecule has 0 radical (unpaired) electrons. The highest BCUT2D eigenvalue weighted by molar-refractivity contribution is 7.89. The van der Waals surface area contributed by atoms with Crippen LogP contribution in [0.2, 0.25) is 0 Å². The van der Waals surface area contributed by atoms with Crippen molar-refractivity contribution < 1.29 is 17.6 Å². The number of ketones is 1.